The van der Waals surface area contributed by atoms with Crippen LogP contribution in [0.1, 0.15) is 43.3 Å². The summed E-state index contributed by atoms with van der Waals surface area (Å²) in [5.74, 6) is -0.198. The number of benzene rings is 1. The van der Waals surface area contributed by atoms with E-state index in [4.69, 9.17) is 4.74 Å². The van der Waals surface area contributed by atoms with E-state index in [0.717, 1.165) is 19.4 Å². The lowest BCUT2D eigenvalue weighted by Crippen LogP contribution is -2.45. The average Bonchev–Trinajstić information content (AvgIpc) is 3.09. The Labute approximate surface area is 157 Å². The van der Waals surface area contributed by atoms with E-state index in [0.29, 0.717) is 27.9 Å². The van der Waals surface area contributed by atoms with Crippen LogP contribution in [0.4, 0.5) is 4.39 Å². The molecule has 1 amide bonds. The van der Waals surface area contributed by atoms with Crippen molar-refractivity contribution in [1.29, 1.82) is 0 Å². The lowest BCUT2D eigenvalue weighted by Gasteiger charge is -2.40. The zero-order valence-electron chi connectivity index (χ0n) is 15.4. The van der Waals surface area contributed by atoms with Crippen LogP contribution in [0, 0.1) is 17.2 Å². The molecule has 1 saturated heterocycles. The number of hydrogen-bond donors (Lipinski definition) is 1. The molecule has 0 radical (unpaired) electrons. The van der Waals surface area contributed by atoms with Gasteiger partial charge in [-0.3, -0.25) is 4.79 Å². The van der Waals surface area contributed by atoms with Gasteiger partial charge < -0.3 is 10.1 Å². The summed E-state index contributed by atoms with van der Waals surface area (Å²) in [4.78, 5) is 17.2. The van der Waals surface area contributed by atoms with Crippen molar-refractivity contribution in [1.82, 2.24) is 10.3 Å². The van der Waals surface area contributed by atoms with Gasteiger partial charge in [-0.25, -0.2) is 9.37 Å². The van der Waals surface area contributed by atoms with Crippen LogP contribution < -0.4 is 5.32 Å². The monoisotopic (exact) mass is 376 g/mol. The highest BCUT2D eigenvalue weighted by Gasteiger charge is 2.35. The second-order valence-electron chi connectivity index (χ2n) is 7.78. The van der Waals surface area contributed by atoms with Crippen LogP contribution in [0.5, 0.6) is 0 Å². The second-order valence-corrected chi connectivity index (χ2v) is 8.81. The van der Waals surface area contributed by atoms with E-state index in [1.165, 1.54) is 23.6 Å². The van der Waals surface area contributed by atoms with Crippen molar-refractivity contribution in [3.63, 3.8) is 0 Å². The molecular weight excluding hydrogens is 351 g/mol. The maximum Gasteiger partial charge on any atom is 0.263 e. The molecule has 6 heteroatoms. The molecule has 26 heavy (non-hydrogen) atoms. The predicted octanol–water partition coefficient (Wildman–Crippen LogP) is 4.52. The number of thiazole rings is 1. The largest absolute Gasteiger partial charge is 0.377 e. The van der Waals surface area contributed by atoms with Crippen molar-refractivity contribution in [3.05, 3.63) is 41.2 Å². The number of nitrogens with one attached hydrogen (secondary N) is 1. The van der Waals surface area contributed by atoms with Gasteiger partial charge in [0.15, 0.2) is 0 Å². The summed E-state index contributed by atoms with van der Waals surface area (Å²) in [6.07, 6.45) is 3.71. The van der Waals surface area contributed by atoms with E-state index >= 15 is 0 Å². The highest BCUT2D eigenvalue weighted by molar-refractivity contribution is 7.16. The first-order valence-corrected chi connectivity index (χ1v) is 9.78. The molecule has 1 N–H and O–H groups in total. The van der Waals surface area contributed by atoms with Crippen LogP contribution in [-0.2, 0) is 4.74 Å². The topological polar surface area (TPSA) is 51.2 Å². The Hall–Kier alpha value is -1.79. The first kappa shape index (κ1) is 19.0. The van der Waals surface area contributed by atoms with Crippen LogP contribution in [-0.4, -0.2) is 30.1 Å². The molecule has 0 saturated carbocycles. The van der Waals surface area contributed by atoms with E-state index in [1.807, 2.05) is 0 Å². The number of hydrogen-bond acceptors (Lipinski definition) is 4. The van der Waals surface area contributed by atoms with Gasteiger partial charge in [0.2, 0.25) is 0 Å². The third-order valence-electron chi connectivity index (χ3n) is 4.66. The normalized spacial score (nSPS) is 20.8. The number of rotatable bonds is 4. The van der Waals surface area contributed by atoms with Gasteiger partial charge in [-0.1, -0.05) is 32.9 Å². The van der Waals surface area contributed by atoms with E-state index in [1.54, 1.807) is 18.2 Å². The standard InChI is InChI=1S/C20H25FN2O2S/c1-20(2,3)17-13(7-6-10-25-17)11-22-18(24)16-12-23-19(26-16)14-8-4-5-9-15(14)21/h4-5,8-9,12-13,17H,6-7,10-11H2,1-3H3,(H,22,24). The van der Waals surface area contributed by atoms with Crippen LogP contribution >= 0.6 is 11.3 Å². The van der Waals surface area contributed by atoms with Crippen LogP contribution in [0.15, 0.2) is 30.5 Å². The lowest BCUT2D eigenvalue weighted by atomic mass is 9.78. The van der Waals surface area contributed by atoms with Gasteiger partial charge in [-0.15, -0.1) is 11.3 Å². The number of amides is 1. The molecule has 1 aliphatic heterocycles. The van der Waals surface area contributed by atoms with Gasteiger partial charge in [0.25, 0.3) is 5.91 Å². The van der Waals surface area contributed by atoms with Crippen molar-refractivity contribution < 1.29 is 13.9 Å². The lowest BCUT2D eigenvalue weighted by molar-refractivity contribution is -0.0839. The van der Waals surface area contributed by atoms with Gasteiger partial charge >= 0.3 is 0 Å². The molecule has 3 rings (SSSR count). The number of halogens is 1. The predicted molar refractivity (Wildman–Crippen MR) is 102 cm³/mol. The van der Waals surface area contributed by atoms with Gasteiger partial charge in [0, 0.05) is 24.6 Å². The molecule has 1 aromatic carbocycles. The summed E-state index contributed by atoms with van der Waals surface area (Å²) in [6, 6.07) is 6.46. The van der Waals surface area contributed by atoms with Gasteiger partial charge in [-0.05, 0) is 30.4 Å². The molecule has 2 heterocycles. The van der Waals surface area contributed by atoms with Gasteiger partial charge in [-0.2, -0.15) is 0 Å². The number of ether oxygens (including phenoxy) is 1. The SMILES string of the molecule is CC(C)(C)C1OCCCC1CNC(=O)c1cnc(-c2ccccc2F)s1. The van der Waals surface area contributed by atoms with Crippen LogP contribution in [0.2, 0.25) is 0 Å². The smallest absolute Gasteiger partial charge is 0.263 e. The maximum atomic E-state index is 13.9. The molecule has 0 bridgehead atoms. The fraction of sp³-hybridized carbons (Fsp3) is 0.500. The molecule has 1 fully saturated rings. The molecule has 0 spiro atoms. The Morgan fingerprint density at radius 2 is 2.15 bits per heavy atom. The first-order valence-electron chi connectivity index (χ1n) is 8.97. The highest BCUT2D eigenvalue weighted by Crippen LogP contribution is 2.34. The molecular formula is C20H25FN2O2S. The average molecular weight is 376 g/mol. The summed E-state index contributed by atoms with van der Waals surface area (Å²) in [5, 5.41) is 3.52. The summed E-state index contributed by atoms with van der Waals surface area (Å²) in [5.41, 5.74) is 0.461. The Balaban J connectivity index is 1.65. The summed E-state index contributed by atoms with van der Waals surface area (Å²) in [6.45, 7) is 7.87. The molecule has 140 valence electrons. The van der Waals surface area contributed by atoms with E-state index in [2.05, 4.69) is 31.1 Å². The zero-order valence-corrected chi connectivity index (χ0v) is 16.2. The molecule has 2 unspecified atom stereocenters. The summed E-state index contributed by atoms with van der Waals surface area (Å²) in [7, 11) is 0. The Bertz CT molecular complexity index is 769. The fourth-order valence-electron chi connectivity index (χ4n) is 3.46. The minimum atomic E-state index is -0.332. The fourth-order valence-corrected chi connectivity index (χ4v) is 4.32. The highest BCUT2D eigenvalue weighted by atomic mass is 32.1. The van der Waals surface area contributed by atoms with Crippen molar-refractivity contribution >= 4 is 17.2 Å². The van der Waals surface area contributed by atoms with E-state index in [-0.39, 0.29) is 23.2 Å². The minimum absolute atomic E-state index is 0.0400. The molecule has 4 nitrogen and oxygen atoms in total. The third-order valence-corrected chi connectivity index (χ3v) is 5.69. The Morgan fingerprint density at radius 1 is 1.38 bits per heavy atom. The molecule has 0 aliphatic carbocycles. The number of carbonyl (C=O) groups excluding carboxylic acids is 1. The van der Waals surface area contributed by atoms with Crippen molar-refractivity contribution in [2.75, 3.05) is 13.2 Å². The molecule has 1 aliphatic rings. The Kier molecular flexibility index (Phi) is 5.73. The number of aromatic nitrogens is 1. The van der Waals surface area contributed by atoms with Crippen LogP contribution in [0.25, 0.3) is 10.6 Å². The minimum Gasteiger partial charge on any atom is -0.377 e. The number of carbonyl (C=O) groups is 1. The quantitative estimate of drug-likeness (QED) is 0.853. The zero-order chi connectivity index (χ0) is 18.7. The third kappa shape index (κ3) is 4.30. The van der Waals surface area contributed by atoms with Crippen LogP contribution in [0.3, 0.4) is 0 Å². The van der Waals surface area contributed by atoms with Crippen molar-refractivity contribution in [3.8, 4) is 10.6 Å². The van der Waals surface area contributed by atoms with Crippen molar-refractivity contribution in [2.24, 2.45) is 11.3 Å². The van der Waals surface area contributed by atoms with E-state index in [9.17, 15) is 9.18 Å². The summed E-state index contributed by atoms with van der Waals surface area (Å²) < 4.78 is 19.8. The maximum absolute atomic E-state index is 13.9. The summed E-state index contributed by atoms with van der Waals surface area (Å²) >= 11 is 1.21. The number of nitrogens with zero attached hydrogens (tertiary/aromatic N) is 1. The van der Waals surface area contributed by atoms with Crippen molar-refractivity contribution in [2.45, 2.75) is 39.7 Å². The molecule has 2 aromatic rings. The Morgan fingerprint density at radius 3 is 2.88 bits per heavy atom. The van der Waals surface area contributed by atoms with Gasteiger partial charge in [0.1, 0.15) is 15.7 Å². The second kappa shape index (κ2) is 7.84. The van der Waals surface area contributed by atoms with E-state index < -0.39 is 0 Å². The molecule has 1 aromatic heterocycles. The molecule has 2 atom stereocenters. The first-order chi connectivity index (χ1) is 12.4. The van der Waals surface area contributed by atoms with Gasteiger partial charge in [0.05, 0.1) is 12.3 Å².